The van der Waals surface area contributed by atoms with E-state index < -0.39 is 0 Å². The number of aromatic nitrogens is 2. The largest absolute Gasteiger partial charge is 0.492 e. The third-order valence-corrected chi connectivity index (χ3v) is 5.34. The molecule has 29 heavy (non-hydrogen) atoms. The number of carbonyl (C=O) groups excluding carboxylic acids is 1. The molecule has 0 bridgehead atoms. The van der Waals surface area contributed by atoms with Crippen molar-refractivity contribution in [2.75, 3.05) is 13.2 Å². The molecular formula is C24H29N3O2. The van der Waals surface area contributed by atoms with Gasteiger partial charge in [0.25, 0.3) is 0 Å². The van der Waals surface area contributed by atoms with Crippen LogP contribution in [0.1, 0.15) is 36.2 Å². The van der Waals surface area contributed by atoms with E-state index in [1.165, 1.54) is 11.1 Å². The summed E-state index contributed by atoms with van der Waals surface area (Å²) in [5.74, 6) is 2.44. The molecule has 3 aromatic rings. The van der Waals surface area contributed by atoms with Crippen LogP contribution in [-0.2, 0) is 17.8 Å². The molecule has 2 aromatic carbocycles. The van der Waals surface area contributed by atoms with Crippen molar-refractivity contribution in [3.63, 3.8) is 0 Å². The number of hydrogen-bond acceptors (Lipinski definition) is 3. The van der Waals surface area contributed by atoms with Gasteiger partial charge in [-0.2, -0.15) is 0 Å². The quantitative estimate of drug-likeness (QED) is 0.557. The van der Waals surface area contributed by atoms with E-state index in [4.69, 9.17) is 9.72 Å². The number of imidazole rings is 1. The molecule has 1 heterocycles. The zero-order valence-corrected chi connectivity index (χ0v) is 17.3. The second-order valence-electron chi connectivity index (χ2n) is 8.01. The van der Waals surface area contributed by atoms with Gasteiger partial charge in [0.15, 0.2) is 0 Å². The fourth-order valence-corrected chi connectivity index (χ4v) is 3.78. The van der Waals surface area contributed by atoms with Crippen molar-refractivity contribution in [2.24, 2.45) is 5.92 Å². The smallest absolute Gasteiger partial charge is 0.223 e. The van der Waals surface area contributed by atoms with Crippen molar-refractivity contribution in [1.82, 2.24) is 14.9 Å². The molecule has 1 saturated carbocycles. The molecule has 5 heteroatoms. The summed E-state index contributed by atoms with van der Waals surface area (Å²) in [7, 11) is 0. The zero-order chi connectivity index (χ0) is 20.2. The molecule has 1 amide bonds. The Morgan fingerprint density at radius 3 is 2.69 bits per heavy atom. The summed E-state index contributed by atoms with van der Waals surface area (Å²) in [6.07, 6.45) is 3.81. The Labute approximate surface area is 172 Å². The van der Waals surface area contributed by atoms with Gasteiger partial charge in [0.05, 0.1) is 17.6 Å². The fourth-order valence-electron chi connectivity index (χ4n) is 3.78. The second-order valence-corrected chi connectivity index (χ2v) is 8.01. The van der Waals surface area contributed by atoms with E-state index in [0.717, 1.165) is 54.8 Å². The van der Waals surface area contributed by atoms with E-state index in [2.05, 4.69) is 54.1 Å². The van der Waals surface area contributed by atoms with Gasteiger partial charge in [-0.05, 0) is 68.5 Å². The van der Waals surface area contributed by atoms with Crippen LogP contribution in [0.3, 0.4) is 0 Å². The monoisotopic (exact) mass is 391 g/mol. The summed E-state index contributed by atoms with van der Waals surface area (Å²) in [5.41, 5.74) is 4.56. The number of nitrogens with zero attached hydrogens (tertiary/aromatic N) is 2. The molecule has 0 saturated heterocycles. The number of rotatable bonds is 9. The Kier molecular flexibility index (Phi) is 5.84. The molecule has 0 atom stereocenters. The SMILES string of the molecule is Cc1cc(C)cc(OCCn2c(CCCNC(=O)C3CC3)nc3ccccc32)c1. The summed E-state index contributed by atoms with van der Waals surface area (Å²) < 4.78 is 8.28. The van der Waals surface area contributed by atoms with Crippen molar-refractivity contribution >= 4 is 16.9 Å². The fraction of sp³-hybridized carbons (Fsp3) is 0.417. The number of para-hydroxylation sites is 2. The normalized spacial score (nSPS) is 13.6. The van der Waals surface area contributed by atoms with Crippen LogP contribution in [0.5, 0.6) is 5.75 Å². The van der Waals surface area contributed by atoms with Gasteiger partial charge in [-0.25, -0.2) is 4.98 Å². The molecule has 0 radical (unpaired) electrons. The van der Waals surface area contributed by atoms with Gasteiger partial charge in [0, 0.05) is 18.9 Å². The van der Waals surface area contributed by atoms with Crippen LogP contribution in [0.2, 0.25) is 0 Å². The number of carbonyl (C=O) groups is 1. The van der Waals surface area contributed by atoms with Crippen LogP contribution in [0.4, 0.5) is 0 Å². The second kappa shape index (κ2) is 8.68. The maximum Gasteiger partial charge on any atom is 0.223 e. The standard InChI is InChI=1S/C24H29N3O2/c1-17-14-18(2)16-20(15-17)29-13-12-27-22-7-4-3-6-21(22)26-23(27)8-5-11-25-24(28)19-9-10-19/h3-4,6-7,14-16,19H,5,8-13H2,1-2H3,(H,25,28). The van der Waals surface area contributed by atoms with Gasteiger partial charge in [-0.1, -0.05) is 18.2 Å². The van der Waals surface area contributed by atoms with Gasteiger partial charge in [-0.3, -0.25) is 4.79 Å². The Morgan fingerprint density at radius 2 is 1.93 bits per heavy atom. The highest BCUT2D eigenvalue weighted by molar-refractivity contribution is 5.80. The zero-order valence-electron chi connectivity index (χ0n) is 17.3. The predicted octanol–water partition coefficient (Wildman–Crippen LogP) is 4.19. The Hall–Kier alpha value is -2.82. The van der Waals surface area contributed by atoms with Crippen LogP contribution in [-0.4, -0.2) is 28.6 Å². The molecule has 1 aromatic heterocycles. The lowest BCUT2D eigenvalue weighted by molar-refractivity contribution is -0.122. The van der Waals surface area contributed by atoms with E-state index in [-0.39, 0.29) is 11.8 Å². The van der Waals surface area contributed by atoms with Gasteiger partial charge in [-0.15, -0.1) is 0 Å². The van der Waals surface area contributed by atoms with Gasteiger partial charge < -0.3 is 14.6 Å². The molecule has 1 fully saturated rings. The first-order valence-corrected chi connectivity index (χ1v) is 10.5. The van der Waals surface area contributed by atoms with Gasteiger partial charge >= 0.3 is 0 Å². The molecule has 152 valence electrons. The molecule has 5 nitrogen and oxygen atoms in total. The average Bonchev–Trinajstić information content (AvgIpc) is 3.48. The number of amides is 1. The van der Waals surface area contributed by atoms with Crippen LogP contribution < -0.4 is 10.1 Å². The number of fused-ring (bicyclic) bond motifs is 1. The summed E-state index contributed by atoms with van der Waals surface area (Å²) in [4.78, 5) is 16.6. The van der Waals surface area contributed by atoms with Crippen molar-refractivity contribution in [1.29, 1.82) is 0 Å². The molecular weight excluding hydrogens is 362 g/mol. The first-order chi connectivity index (χ1) is 14.1. The summed E-state index contributed by atoms with van der Waals surface area (Å²) in [5, 5.41) is 3.04. The lowest BCUT2D eigenvalue weighted by Gasteiger charge is -2.12. The van der Waals surface area contributed by atoms with E-state index in [1.54, 1.807) is 0 Å². The van der Waals surface area contributed by atoms with Crippen LogP contribution >= 0.6 is 0 Å². The first-order valence-electron chi connectivity index (χ1n) is 10.5. The van der Waals surface area contributed by atoms with Crippen molar-refractivity contribution in [3.05, 3.63) is 59.4 Å². The first kappa shape index (κ1) is 19.5. The van der Waals surface area contributed by atoms with Gasteiger partial charge in [0.2, 0.25) is 5.91 Å². The Bertz CT molecular complexity index is 984. The topological polar surface area (TPSA) is 56.1 Å². The number of aryl methyl sites for hydroxylation is 3. The van der Waals surface area contributed by atoms with Crippen LogP contribution in [0.25, 0.3) is 11.0 Å². The highest BCUT2D eigenvalue weighted by Gasteiger charge is 2.29. The number of benzene rings is 2. The lowest BCUT2D eigenvalue weighted by atomic mass is 10.1. The van der Waals surface area contributed by atoms with E-state index in [9.17, 15) is 4.79 Å². The molecule has 1 N–H and O–H groups in total. The maximum absolute atomic E-state index is 11.8. The van der Waals surface area contributed by atoms with E-state index >= 15 is 0 Å². The van der Waals surface area contributed by atoms with E-state index in [1.807, 2.05) is 12.1 Å². The molecule has 0 spiro atoms. The van der Waals surface area contributed by atoms with Crippen LogP contribution in [0.15, 0.2) is 42.5 Å². The highest BCUT2D eigenvalue weighted by Crippen LogP contribution is 2.28. The predicted molar refractivity (Wildman–Crippen MR) is 115 cm³/mol. The summed E-state index contributed by atoms with van der Waals surface area (Å²) >= 11 is 0. The Morgan fingerprint density at radius 1 is 1.17 bits per heavy atom. The lowest BCUT2D eigenvalue weighted by Crippen LogP contribution is -2.26. The Balaban J connectivity index is 1.39. The number of nitrogens with one attached hydrogen (secondary N) is 1. The minimum absolute atomic E-state index is 0.209. The molecule has 1 aliphatic carbocycles. The molecule has 4 rings (SSSR count). The minimum Gasteiger partial charge on any atom is -0.492 e. The van der Waals surface area contributed by atoms with Crippen molar-refractivity contribution < 1.29 is 9.53 Å². The highest BCUT2D eigenvalue weighted by atomic mass is 16.5. The third kappa shape index (κ3) is 4.97. The number of ether oxygens (including phenoxy) is 1. The molecule has 1 aliphatic rings. The van der Waals surface area contributed by atoms with Crippen molar-refractivity contribution in [2.45, 2.75) is 46.1 Å². The van der Waals surface area contributed by atoms with Crippen molar-refractivity contribution in [3.8, 4) is 5.75 Å². The summed E-state index contributed by atoms with van der Waals surface area (Å²) in [6.45, 7) is 6.22. The van der Waals surface area contributed by atoms with Crippen LogP contribution in [0, 0.1) is 19.8 Å². The third-order valence-electron chi connectivity index (χ3n) is 5.34. The molecule has 0 aliphatic heterocycles. The minimum atomic E-state index is 0.209. The summed E-state index contributed by atoms with van der Waals surface area (Å²) in [6, 6.07) is 14.5. The molecule has 0 unspecified atom stereocenters. The van der Waals surface area contributed by atoms with E-state index in [0.29, 0.717) is 13.2 Å². The average molecular weight is 392 g/mol. The maximum atomic E-state index is 11.8. The number of hydrogen-bond donors (Lipinski definition) is 1. The van der Waals surface area contributed by atoms with Gasteiger partial charge in [0.1, 0.15) is 18.2 Å².